The fourth-order valence-corrected chi connectivity index (χ4v) is 3.75. The van der Waals surface area contributed by atoms with Gasteiger partial charge in [-0.05, 0) is 37.1 Å². The molecule has 27 heavy (non-hydrogen) atoms. The maximum absolute atomic E-state index is 12.6. The molecule has 0 saturated heterocycles. The summed E-state index contributed by atoms with van der Waals surface area (Å²) in [6.45, 7) is 1.51. The first-order chi connectivity index (χ1) is 12.8. The number of fused-ring (bicyclic) bond motifs is 1. The van der Waals surface area contributed by atoms with Gasteiger partial charge < -0.3 is 9.64 Å². The SMILES string of the molecule is C[C@@H]1Cc2ccccc2N1C(=O)COC(=O)c1ccccc1NS(C)(=O)=O. The van der Waals surface area contributed by atoms with Crippen LogP contribution in [0.25, 0.3) is 0 Å². The van der Waals surface area contributed by atoms with Crippen LogP contribution in [0.1, 0.15) is 22.8 Å². The molecule has 2 aromatic rings. The number of sulfonamides is 1. The minimum Gasteiger partial charge on any atom is -0.452 e. The monoisotopic (exact) mass is 388 g/mol. The molecule has 0 unspecified atom stereocenters. The number of ether oxygens (including phenoxy) is 1. The first-order valence-electron chi connectivity index (χ1n) is 8.40. The van der Waals surface area contributed by atoms with Crippen LogP contribution < -0.4 is 9.62 Å². The predicted octanol–water partition coefficient (Wildman–Crippen LogP) is 2.19. The number of nitrogens with zero attached hydrogens (tertiary/aromatic N) is 1. The quantitative estimate of drug-likeness (QED) is 0.793. The molecule has 1 amide bonds. The highest BCUT2D eigenvalue weighted by molar-refractivity contribution is 7.92. The highest BCUT2D eigenvalue weighted by atomic mass is 32.2. The van der Waals surface area contributed by atoms with Crippen LogP contribution in [0.4, 0.5) is 11.4 Å². The molecule has 3 rings (SSSR count). The molecule has 2 aromatic carbocycles. The van der Waals surface area contributed by atoms with Gasteiger partial charge in [-0.15, -0.1) is 0 Å². The second kappa shape index (κ2) is 7.40. The molecule has 7 nitrogen and oxygen atoms in total. The summed E-state index contributed by atoms with van der Waals surface area (Å²) in [6, 6.07) is 13.7. The number of amides is 1. The summed E-state index contributed by atoms with van der Waals surface area (Å²) in [5.74, 6) is -1.09. The summed E-state index contributed by atoms with van der Waals surface area (Å²) >= 11 is 0. The van der Waals surface area contributed by atoms with E-state index < -0.39 is 22.6 Å². The Balaban J connectivity index is 1.71. The third kappa shape index (κ3) is 4.28. The molecule has 1 aliphatic rings. The summed E-state index contributed by atoms with van der Waals surface area (Å²) in [7, 11) is -3.55. The van der Waals surface area contributed by atoms with Crippen LogP contribution in [0.2, 0.25) is 0 Å². The van der Waals surface area contributed by atoms with Crippen molar-refractivity contribution in [1.82, 2.24) is 0 Å². The van der Waals surface area contributed by atoms with Crippen LogP contribution in [0.5, 0.6) is 0 Å². The smallest absolute Gasteiger partial charge is 0.340 e. The first-order valence-corrected chi connectivity index (χ1v) is 10.3. The number of esters is 1. The Morgan fingerprint density at radius 1 is 1.15 bits per heavy atom. The van der Waals surface area contributed by atoms with Gasteiger partial charge in [-0.1, -0.05) is 30.3 Å². The average Bonchev–Trinajstić information content (AvgIpc) is 2.94. The molecule has 0 spiro atoms. The van der Waals surface area contributed by atoms with Gasteiger partial charge in [-0.3, -0.25) is 9.52 Å². The lowest BCUT2D eigenvalue weighted by Crippen LogP contribution is -2.38. The minimum atomic E-state index is -3.55. The Labute approximate surface area is 158 Å². The molecule has 0 bridgehead atoms. The van der Waals surface area contributed by atoms with E-state index in [2.05, 4.69) is 4.72 Å². The molecule has 0 saturated carbocycles. The van der Waals surface area contributed by atoms with Crippen LogP contribution in [0, 0.1) is 0 Å². The molecule has 1 N–H and O–H groups in total. The van der Waals surface area contributed by atoms with E-state index in [4.69, 9.17) is 4.74 Å². The number of nitrogens with one attached hydrogen (secondary N) is 1. The van der Waals surface area contributed by atoms with E-state index in [-0.39, 0.29) is 23.2 Å². The van der Waals surface area contributed by atoms with Crippen molar-refractivity contribution < 1.29 is 22.7 Å². The highest BCUT2D eigenvalue weighted by Crippen LogP contribution is 2.31. The molecule has 0 aliphatic carbocycles. The van der Waals surface area contributed by atoms with Gasteiger partial charge in [-0.25, -0.2) is 13.2 Å². The van der Waals surface area contributed by atoms with Gasteiger partial charge in [0.1, 0.15) is 0 Å². The van der Waals surface area contributed by atoms with Gasteiger partial charge in [0.15, 0.2) is 6.61 Å². The van der Waals surface area contributed by atoms with E-state index in [0.29, 0.717) is 0 Å². The zero-order valence-corrected chi connectivity index (χ0v) is 15.8. The van der Waals surface area contributed by atoms with Crippen LogP contribution >= 0.6 is 0 Å². The van der Waals surface area contributed by atoms with Gasteiger partial charge in [0, 0.05) is 11.7 Å². The Hall–Kier alpha value is -2.87. The number of rotatable bonds is 5. The maximum atomic E-state index is 12.6. The van der Waals surface area contributed by atoms with Crippen molar-refractivity contribution in [3.05, 3.63) is 59.7 Å². The van der Waals surface area contributed by atoms with Crippen molar-refractivity contribution in [2.24, 2.45) is 0 Å². The number of carbonyl (C=O) groups is 2. The van der Waals surface area contributed by atoms with Crippen molar-refractivity contribution in [2.45, 2.75) is 19.4 Å². The fourth-order valence-electron chi connectivity index (χ4n) is 3.17. The largest absolute Gasteiger partial charge is 0.452 e. The number of para-hydroxylation sites is 2. The number of hydrogen-bond donors (Lipinski definition) is 1. The maximum Gasteiger partial charge on any atom is 0.340 e. The Morgan fingerprint density at radius 2 is 1.81 bits per heavy atom. The molecule has 1 heterocycles. The van der Waals surface area contributed by atoms with Crippen LogP contribution in [-0.4, -0.2) is 39.2 Å². The summed E-state index contributed by atoms with van der Waals surface area (Å²) in [4.78, 5) is 26.6. The molecule has 0 aromatic heterocycles. The van der Waals surface area contributed by atoms with Gasteiger partial charge in [0.2, 0.25) is 10.0 Å². The number of benzene rings is 2. The highest BCUT2D eigenvalue weighted by Gasteiger charge is 2.31. The topological polar surface area (TPSA) is 92.8 Å². The molecular weight excluding hydrogens is 368 g/mol. The van der Waals surface area contributed by atoms with Gasteiger partial charge in [0.05, 0.1) is 17.5 Å². The van der Waals surface area contributed by atoms with Crippen molar-refractivity contribution in [3.8, 4) is 0 Å². The molecule has 1 aliphatic heterocycles. The van der Waals surface area contributed by atoms with Gasteiger partial charge in [0.25, 0.3) is 5.91 Å². The zero-order valence-electron chi connectivity index (χ0n) is 15.0. The van der Waals surface area contributed by atoms with Crippen molar-refractivity contribution in [1.29, 1.82) is 0 Å². The summed E-state index contributed by atoms with van der Waals surface area (Å²) < 4.78 is 30.3. The standard InChI is InChI=1S/C19H20N2O5S/c1-13-11-14-7-3-6-10-17(14)21(13)18(22)12-26-19(23)15-8-4-5-9-16(15)20-27(2,24)25/h3-10,13,20H,11-12H2,1-2H3/t13-/m1/s1. The lowest BCUT2D eigenvalue weighted by molar-refractivity contribution is -0.122. The second-order valence-corrected chi connectivity index (χ2v) is 8.19. The van der Waals surface area contributed by atoms with E-state index in [0.717, 1.165) is 23.9 Å². The average molecular weight is 388 g/mol. The Bertz CT molecular complexity index is 987. The number of hydrogen-bond acceptors (Lipinski definition) is 5. The molecule has 0 radical (unpaired) electrons. The van der Waals surface area contributed by atoms with Crippen molar-refractivity contribution >= 4 is 33.3 Å². The first kappa shape index (κ1) is 18.9. The predicted molar refractivity (Wildman–Crippen MR) is 102 cm³/mol. The van der Waals surface area contributed by atoms with Crippen molar-refractivity contribution in [3.63, 3.8) is 0 Å². The van der Waals surface area contributed by atoms with E-state index in [1.807, 2.05) is 31.2 Å². The molecule has 1 atom stereocenters. The minimum absolute atomic E-state index is 0.0206. The van der Waals surface area contributed by atoms with Crippen LogP contribution in [0.3, 0.4) is 0 Å². The zero-order chi connectivity index (χ0) is 19.6. The number of anilines is 2. The molecule has 8 heteroatoms. The molecular formula is C19H20N2O5S. The van der Waals surface area contributed by atoms with E-state index in [9.17, 15) is 18.0 Å². The number of carbonyl (C=O) groups excluding carboxylic acids is 2. The van der Waals surface area contributed by atoms with E-state index in [1.165, 1.54) is 12.1 Å². The third-order valence-electron chi connectivity index (χ3n) is 4.25. The van der Waals surface area contributed by atoms with Crippen molar-refractivity contribution in [2.75, 3.05) is 22.5 Å². The van der Waals surface area contributed by atoms with E-state index in [1.54, 1.807) is 17.0 Å². The Morgan fingerprint density at radius 3 is 2.56 bits per heavy atom. The lowest BCUT2D eigenvalue weighted by atomic mass is 10.1. The van der Waals surface area contributed by atoms with E-state index >= 15 is 0 Å². The lowest BCUT2D eigenvalue weighted by Gasteiger charge is -2.22. The van der Waals surface area contributed by atoms with Crippen LogP contribution in [0.15, 0.2) is 48.5 Å². The van der Waals surface area contributed by atoms with Gasteiger partial charge >= 0.3 is 5.97 Å². The summed E-state index contributed by atoms with van der Waals surface area (Å²) in [6.07, 6.45) is 1.74. The fraction of sp³-hybridized carbons (Fsp3) is 0.263. The third-order valence-corrected chi connectivity index (χ3v) is 4.84. The summed E-state index contributed by atoms with van der Waals surface area (Å²) in [5, 5.41) is 0. The van der Waals surface area contributed by atoms with Gasteiger partial charge in [-0.2, -0.15) is 0 Å². The van der Waals surface area contributed by atoms with Crippen LogP contribution in [-0.2, 0) is 26.0 Å². The second-order valence-electron chi connectivity index (χ2n) is 6.44. The Kier molecular flexibility index (Phi) is 5.18. The normalized spacial score (nSPS) is 15.9. The molecule has 0 fully saturated rings. The molecule has 142 valence electrons. The summed E-state index contributed by atoms with van der Waals surface area (Å²) in [5.41, 5.74) is 2.06.